The van der Waals surface area contributed by atoms with Crippen molar-refractivity contribution in [3.8, 4) is 0 Å². The number of allylic oxidation sites excluding steroid dienone is 6. The number of carbonyl (C=O) groups excluding carboxylic acids is 1. The van der Waals surface area contributed by atoms with Gasteiger partial charge in [0.05, 0.1) is 13.2 Å². The SMILES string of the molecule is CC/C=C\C/C=C\C/C=C\CCCCCCCC(=O)OC(CO)CO. The van der Waals surface area contributed by atoms with E-state index in [2.05, 4.69) is 43.4 Å². The van der Waals surface area contributed by atoms with E-state index < -0.39 is 6.10 Å². The molecule has 144 valence electrons. The Labute approximate surface area is 153 Å². The lowest BCUT2D eigenvalue weighted by Gasteiger charge is -2.12. The number of carbonyl (C=O) groups is 1. The molecule has 0 aliphatic rings. The van der Waals surface area contributed by atoms with Crippen LogP contribution in [0.25, 0.3) is 0 Å². The van der Waals surface area contributed by atoms with Crippen LogP contribution in [0.3, 0.4) is 0 Å². The minimum Gasteiger partial charge on any atom is -0.457 e. The average Bonchev–Trinajstić information content (AvgIpc) is 2.62. The second-order valence-electron chi connectivity index (χ2n) is 6.08. The zero-order chi connectivity index (χ0) is 18.6. The second-order valence-corrected chi connectivity index (χ2v) is 6.08. The summed E-state index contributed by atoms with van der Waals surface area (Å²) >= 11 is 0. The fourth-order valence-corrected chi connectivity index (χ4v) is 2.27. The summed E-state index contributed by atoms with van der Waals surface area (Å²) in [6, 6.07) is 0. The zero-order valence-corrected chi connectivity index (χ0v) is 15.7. The third-order valence-electron chi connectivity index (χ3n) is 3.74. The summed E-state index contributed by atoms with van der Waals surface area (Å²) in [7, 11) is 0. The van der Waals surface area contributed by atoms with Crippen LogP contribution in [0.1, 0.15) is 71.1 Å². The first-order valence-corrected chi connectivity index (χ1v) is 9.60. The van der Waals surface area contributed by atoms with Gasteiger partial charge in [-0.15, -0.1) is 0 Å². The van der Waals surface area contributed by atoms with Crippen molar-refractivity contribution in [3.63, 3.8) is 0 Å². The van der Waals surface area contributed by atoms with Crippen LogP contribution in [0.5, 0.6) is 0 Å². The Bertz CT molecular complexity index is 381. The molecule has 0 aromatic heterocycles. The smallest absolute Gasteiger partial charge is 0.306 e. The van der Waals surface area contributed by atoms with Gasteiger partial charge in [-0.25, -0.2) is 0 Å². The molecule has 0 fully saturated rings. The van der Waals surface area contributed by atoms with Crippen molar-refractivity contribution in [1.29, 1.82) is 0 Å². The van der Waals surface area contributed by atoms with Gasteiger partial charge in [-0.2, -0.15) is 0 Å². The first-order valence-electron chi connectivity index (χ1n) is 9.60. The quantitative estimate of drug-likeness (QED) is 0.244. The molecule has 0 bridgehead atoms. The molecule has 0 aliphatic carbocycles. The Kier molecular flexibility index (Phi) is 17.9. The maximum Gasteiger partial charge on any atom is 0.306 e. The first-order chi connectivity index (χ1) is 12.2. The average molecular weight is 353 g/mol. The molecule has 0 unspecified atom stereocenters. The highest BCUT2D eigenvalue weighted by Gasteiger charge is 2.11. The van der Waals surface area contributed by atoms with Gasteiger partial charge in [-0.3, -0.25) is 4.79 Å². The molecule has 0 atom stereocenters. The van der Waals surface area contributed by atoms with E-state index in [0.29, 0.717) is 6.42 Å². The maximum absolute atomic E-state index is 11.4. The molecule has 0 aromatic rings. The van der Waals surface area contributed by atoms with E-state index in [1.807, 2.05) is 0 Å². The highest BCUT2D eigenvalue weighted by atomic mass is 16.6. The molecule has 0 aromatic carbocycles. The van der Waals surface area contributed by atoms with E-state index in [1.54, 1.807) is 0 Å². The number of ether oxygens (including phenoxy) is 1. The topological polar surface area (TPSA) is 66.8 Å². The van der Waals surface area contributed by atoms with Crippen molar-refractivity contribution in [1.82, 2.24) is 0 Å². The van der Waals surface area contributed by atoms with Crippen LogP contribution in [0.4, 0.5) is 0 Å². The monoisotopic (exact) mass is 352 g/mol. The lowest BCUT2D eigenvalue weighted by molar-refractivity contribution is -0.153. The first kappa shape index (κ1) is 23.6. The Morgan fingerprint density at radius 1 is 0.840 bits per heavy atom. The predicted molar refractivity (Wildman–Crippen MR) is 103 cm³/mol. The molecule has 4 heteroatoms. The van der Waals surface area contributed by atoms with Gasteiger partial charge in [-0.1, -0.05) is 62.6 Å². The molecule has 4 nitrogen and oxygen atoms in total. The van der Waals surface area contributed by atoms with Gasteiger partial charge in [0.25, 0.3) is 0 Å². The fraction of sp³-hybridized carbons (Fsp3) is 0.667. The molecule has 25 heavy (non-hydrogen) atoms. The lowest BCUT2D eigenvalue weighted by Crippen LogP contribution is -2.25. The molecular formula is C21H36O4. The molecule has 0 saturated heterocycles. The van der Waals surface area contributed by atoms with E-state index in [4.69, 9.17) is 14.9 Å². The molecule has 2 N–H and O–H groups in total. The third-order valence-corrected chi connectivity index (χ3v) is 3.74. The van der Waals surface area contributed by atoms with Crippen molar-refractivity contribution in [2.75, 3.05) is 13.2 Å². The number of hydrogen-bond acceptors (Lipinski definition) is 4. The number of esters is 1. The van der Waals surface area contributed by atoms with Crippen LogP contribution < -0.4 is 0 Å². The van der Waals surface area contributed by atoms with Gasteiger partial charge < -0.3 is 14.9 Å². The van der Waals surface area contributed by atoms with Crippen molar-refractivity contribution in [2.24, 2.45) is 0 Å². The van der Waals surface area contributed by atoms with Crippen molar-refractivity contribution >= 4 is 5.97 Å². The van der Waals surface area contributed by atoms with E-state index in [1.165, 1.54) is 12.8 Å². The molecule has 0 heterocycles. The normalized spacial score (nSPS) is 12.2. The number of aliphatic hydroxyl groups is 2. The van der Waals surface area contributed by atoms with Gasteiger partial charge in [0, 0.05) is 6.42 Å². The summed E-state index contributed by atoms with van der Waals surface area (Å²) in [6.45, 7) is 1.48. The molecule has 0 saturated carbocycles. The Morgan fingerprint density at radius 3 is 2.04 bits per heavy atom. The highest BCUT2D eigenvalue weighted by molar-refractivity contribution is 5.69. The van der Waals surface area contributed by atoms with Gasteiger partial charge in [0.15, 0.2) is 0 Å². The molecule has 0 radical (unpaired) electrons. The van der Waals surface area contributed by atoms with Crippen LogP contribution >= 0.6 is 0 Å². The summed E-state index contributed by atoms with van der Waals surface area (Å²) in [5.41, 5.74) is 0. The minimum absolute atomic E-state index is 0.332. The van der Waals surface area contributed by atoms with Gasteiger partial charge in [-0.05, 0) is 38.5 Å². The highest BCUT2D eigenvalue weighted by Crippen LogP contribution is 2.09. The number of rotatable bonds is 16. The summed E-state index contributed by atoms with van der Waals surface area (Å²) in [6.07, 6.45) is 22.3. The van der Waals surface area contributed by atoms with Gasteiger partial charge in [0.2, 0.25) is 0 Å². The Morgan fingerprint density at radius 2 is 1.40 bits per heavy atom. The van der Waals surface area contributed by atoms with Crippen molar-refractivity contribution in [3.05, 3.63) is 36.5 Å². The Hall–Kier alpha value is -1.39. The van der Waals surface area contributed by atoms with Gasteiger partial charge >= 0.3 is 5.97 Å². The largest absolute Gasteiger partial charge is 0.457 e. The van der Waals surface area contributed by atoms with Gasteiger partial charge in [0.1, 0.15) is 6.10 Å². The van der Waals surface area contributed by atoms with Crippen LogP contribution in [-0.2, 0) is 9.53 Å². The van der Waals surface area contributed by atoms with Crippen LogP contribution in [-0.4, -0.2) is 35.5 Å². The summed E-state index contributed by atoms with van der Waals surface area (Å²) < 4.78 is 4.91. The number of hydrogen-bond donors (Lipinski definition) is 2. The minimum atomic E-state index is -0.776. The molecule has 0 aliphatic heterocycles. The van der Waals surface area contributed by atoms with E-state index in [0.717, 1.165) is 44.9 Å². The standard InChI is InChI=1S/C21H36O4/c1-2-3-4-5-6-7-8-9-10-11-12-13-14-15-16-17-21(24)25-20(18-22)19-23/h3-4,6-7,9-10,20,22-23H,2,5,8,11-19H2,1H3/b4-3-,7-6-,10-9-. The lowest BCUT2D eigenvalue weighted by atomic mass is 10.1. The van der Waals surface area contributed by atoms with Crippen LogP contribution in [0.2, 0.25) is 0 Å². The van der Waals surface area contributed by atoms with Crippen molar-refractivity contribution in [2.45, 2.75) is 77.2 Å². The summed E-state index contributed by atoms with van der Waals surface area (Å²) in [4.78, 5) is 11.4. The Balaban J connectivity index is 3.39. The zero-order valence-electron chi connectivity index (χ0n) is 15.7. The second kappa shape index (κ2) is 18.9. The molecular weight excluding hydrogens is 316 g/mol. The molecule has 0 rings (SSSR count). The number of aliphatic hydroxyl groups excluding tert-OH is 2. The summed E-state index contributed by atoms with van der Waals surface area (Å²) in [5, 5.41) is 17.7. The van der Waals surface area contributed by atoms with Crippen LogP contribution in [0.15, 0.2) is 36.5 Å². The third kappa shape index (κ3) is 17.2. The predicted octanol–water partition coefficient (Wildman–Crippen LogP) is 4.47. The van der Waals surface area contributed by atoms with E-state index in [9.17, 15) is 4.79 Å². The fourth-order valence-electron chi connectivity index (χ4n) is 2.27. The summed E-state index contributed by atoms with van der Waals surface area (Å²) in [5.74, 6) is -0.339. The number of unbranched alkanes of at least 4 members (excludes halogenated alkanes) is 5. The van der Waals surface area contributed by atoms with Crippen molar-refractivity contribution < 1.29 is 19.7 Å². The molecule has 0 amide bonds. The van der Waals surface area contributed by atoms with E-state index >= 15 is 0 Å². The van der Waals surface area contributed by atoms with Crippen LogP contribution in [0, 0.1) is 0 Å². The maximum atomic E-state index is 11.4. The molecule has 0 spiro atoms. The van der Waals surface area contributed by atoms with E-state index in [-0.39, 0.29) is 19.2 Å².